The zero-order chi connectivity index (χ0) is 18.0. The molecule has 2 saturated heterocycles. The van der Waals surface area contributed by atoms with E-state index in [0.29, 0.717) is 6.79 Å². The van der Waals surface area contributed by atoms with Crippen molar-refractivity contribution in [1.82, 2.24) is 0 Å². The van der Waals surface area contributed by atoms with E-state index in [9.17, 15) is 0 Å². The summed E-state index contributed by atoms with van der Waals surface area (Å²) in [5.74, 6) is 0.894. The zero-order valence-electron chi connectivity index (χ0n) is 16.0. The quantitative estimate of drug-likeness (QED) is 0.278. The molecule has 25 heavy (non-hydrogen) atoms. The molecule has 4 heteroatoms. The Labute approximate surface area is 153 Å². The highest BCUT2D eigenvalue weighted by Gasteiger charge is 2.49. The minimum absolute atomic E-state index is 0.0694. The topological polar surface area (TPSA) is 27.7 Å². The van der Waals surface area contributed by atoms with Crippen LogP contribution in [0.5, 0.6) is 5.75 Å². The number of ether oxygens (including phenoxy) is 3. The van der Waals surface area contributed by atoms with Gasteiger partial charge in [0.2, 0.25) is 0 Å². The molecule has 1 saturated carbocycles. The lowest BCUT2D eigenvalue weighted by atomic mass is 9.63. The van der Waals surface area contributed by atoms with E-state index in [-0.39, 0.29) is 11.0 Å². The van der Waals surface area contributed by atoms with Gasteiger partial charge in [0.05, 0.1) is 12.2 Å². The summed E-state index contributed by atoms with van der Waals surface area (Å²) in [5.41, 5.74) is 1.41. The minimum Gasteiger partial charge on any atom is -0.468 e. The van der Waals surface area contributed by atoms with Crippen LogP contribution in [0.4, 0.5) is 0 Å². The van der Waals surface area contributed by atoms with E-state index in [1.165, 1.54) is 11.6 Å². The summed E-state index contributed by atoms with van der Waals surface area (Å²) in [6, 6.07) is 9.67. The Kier molecular flexibility index (Phi) is 5.42. The predicted molar refractivity (Wildman–Crippen MR) is 105 cm³/mol. The lowest BCUT2D eigenvalue weighted by molar-refractivity contribution is -0.128. The summed E-state index contributed by atoms with van der Waals surface area (Å²) < 4.78 is 17.7. The van der Waals surface area contributed by atoms with Gasteiger partial charge in [0, 0.05) is 20.1 Å². The van der Waals surface area contributed by atoms with E-state index >= 15 is 0 Å². The molecule has 0 spiro atoms. The van der Waals surface area contributed by atoms with Gasteiger partial charge in [-0.15, -0.1) is 6.58 Å². The van der Waals surface area contributed by atoms with Crippen molar-refractivity contribution < 1.29 is 14.2 Å². The third kappa shape index (κ3) is 4.36. The normalized spacial score (nSPS) is 28.8. The molecule has 3 fully saturated rings. The van der Waals surface area contributed by atoms with Crippen LogP contribution in [0.15, 0.2) is 36.9 Å². The highest BCUT2D eigenvalue weighted by atomic mass is 28.3. The second-order valence-corrected chi connectivity index (χ2v) is 14.5. The van der Waals surface area contributed by atoms with Crippen molar-refractivity contribution in [3.05, 3.63) is 42.5 Å². The summed E-state index contributed by atoms with van der Waals surface area (Å²) >= 11 is 0. The Morgan fingerprint density at radius 2 is 1.96 bits per heavy atom. The van der Waals surface area contributed by atoms with Crippen LogP contribution in [0.3, 0.4) is 0 Å². The molecule has 1 aromatic carbocycles. The molecule has 2 bridgehead atoms. The molecule has 3 aliphatic rings. The van der Waals surface area contributed by atoms with Crippen molar-refractivity contribution in [3.63, 3.8) is 0 Å². The van der Waals surface area contributed by atoms with Gasteiger partial charge < -0.3 is 14.2 Å². The van der Waals surface area contributed by atoms with Crippen molar-refractivity contribution in [2.24, 2.45) is 0 Å². The summed E-state index contributed by atoms with van der Waals surface area (Å²) in [4.78, 5) is 0. The number of hydrogen-bond donors (Lipinski definition) is 0. The second kappa shape index (κ2) is 7.26. The summed E-state index contributed by atoms with van der Waals surface area (Å²) in [5, 5.41) is 0. The molecule has 138 valence electrons. The molecule has 0 atom stereocenters. The number of benzene rings is 1. The van der Waals surface area contributed by atoms with Gasteiger partial charge in [-0.3, -0.25) is 0 Å². The molecule has 1 aliphatic carbocycles. The lowest BCUT2D eigenvalue weighted by Gasteiger charge is -2.52. The second-order valence-electron chi connectivity index (χ2n) is 8.85. The van der Waals surface area contributed by atoms with Crippen LogP contribution in [0, 0.1) is 0 Å². The fraction of sp³-hybridized carbons (Fsp3) is 0.619. The van der Waals surface area contributed by atoms with Crippen molar-refractivity contribution in [2.75, 3.05) is 20.0 Å². The Balaban J connectivity index is 1.56. The highest BCUT2D eigenvalue weighted by molar-refractivity contribution is 6.76. The third-order valence-corrected chi connectivity index (χ3v) is 7.52. The van der Waals surface area contributed by atoms with E-state index in [1.54, 1.807) is 0 Å². The molecular formula is C21H32O3Si. The Hall–Kier alpha value is -1.10. The van der Waals surface area contributed by atoms with Crippen LogP contribution in [0.25, 0.3) is 0 Å². The number of hydrogen-bond acceptors (Lipinski definition) is 3. The van der Waals surface area contributed by atoms with Crippen molar-refractivity contribution in [1.29, 1.82) is 0 Å². The van der Waals surface area contributed by atoms with Gasteiger partial charge in [0.15, 0.2) is 6.79 Å². The van der Waals surface area contributed by atoms with E-state index in [2.05, 4.69) is 44.4 Å². The van der Waals surface area contributed by atoms with Gasteiger partial charge in [-0.1, -0.05) is 37.8 Å². The zero-order valence-corrected chi connectivity index (χ0v) is 17.0. The monoisotopic (exact) mass is 360 g/mol. The largest absolute Gasteiger partial charge is 0.468 e. The van der Waals surface area contributed by atoms with Crippen molar-refractivity contribution >= 4 is 8.07 Å². The van der Waals surface area contributed by atoms with Gasteiger partial charge in [-0.2, -0.15) is 0 Å². The van der Waals surface area contributed by atoms with Crippen LogP contribution in [0.1, 0.15) is 31.2 Å². The summed E-state index contributed by atoms with van der Waals surface area (Å²) in [6.07, 6.45) is 6.47. The molecule has 0 unspecified atom stereocenters. The van der Waals surface area contributed by atoms with Crippen molar-refractivity contribution in [3.8, 4) is 5.75 Å². The fourth-order valence-electron chi connectivity index (χ4n) is 3.82. The van der Waals surface area contributed by atoms with E-state index < -0.39 is 8.07 Å². The van der Waals surface area contributed by atoms with Gasteiger partial charge in [-0.25, -0.2) is 0 Å². The lowest BCUT2D eigenvalue weighted by Crippen LogP contribution is -2.52. The smallest absolute Gasteiger partial charge is 0.189 e. The number of rotatable bonds is 8. The van der Waals surface area contributed by atoms with Crippen LogP contribution < -0.4 is 4.74 Å². The van der Waals surface area contributed by atoms with Gasteiger partial charge >= 0.3 is 0 Å². The molecule has 2 heterocycles. The van der Waals surface area contributed by atoms with Gasteiger partial charge in [0.25, 0.3) is 0 Å². The van der Waals surface area contributed by atoms with Crippen LogP contribution >= 0.6 is 0 Å². The first kappa shape index (κ1) is 18.7. The predicted octanol–water partition coefficient (Wildman–Crippen LogP) is 5.14. The maximum atomic E-state index is 6.18. The molecule has 0 aromatic heterocycles. The first-order valence-electron chi connectivity index (χ1n) is 9.45. The molecule has 0 N–H and O–H groups in total. The molecule has 0 radical (unpaired) electrons. The van der Waals surface area contributed by atoms with E-state index in [1.807, 2.05) is 12.1 Å². The standard InChI is InChI=1S/C21H32O3Si/c1-5-21-11-9-20(10-12-21,16-24-21)18-7-6-8-19(15-18)23-17-22-13-14-25(2,3)4/h5-8,15H,1,9-14,16-17H2,2-4H3. The van der Waals surface area contributed by atoms with Crippen LogP contribution in [-0.4, -0.2) is 33.7 Å². The minimum atomic E-state index is -1.04. The molecule has 4 rings (SSSR count). The van der Waals surface area contributed by atoms with Gasteiger partial charge in [-0.05, 0) is 49.4 Å². The van der Waals surface area contributed by atoms with E-state index in [4.69, 9.17) is 14.2 Å². The highest BCUT2D eigenvalue weighted by Crippen LogP contribution is 2.51. The third-order valence-electron chi connectivity index (χ3n) is 5.81. The fourth-order valence-corrected chi connectivity index (χ4v) is 4.58. The van der Waals surface area contributed by atoms with Crippen LogP contribution in [-0.2, 0) is 14.9 Å². The Bertz CT molecular complexity index is 581. The maximum Gasteiger partial charge on any atom is 0.189 e. The number of fused-ring (bicyclic) bond motifs is 3. The molecular weight excluding hydrogens is 328 g/mol. The summed E-state index contributed by atoms with van der Waals surface area (Å²) in [7, 11) is -1.04. The molecule has 2 aliphatic heterocycles. The Morgan fingerprint density at radius 3 is 2.56 bits per heavy atom. The molecule has 0 amide bonds. The Morgan fingerprint density at radius 1 is 1.20 bits per heavy atom. The van der Waals surface area contributed by atoms with E-state index in [0.717, 1.165) is 44.6 Å². The first-order chi connectivity index (χ1) is 11.9. The van der Waals surface area contributed by atoms with Gasteiger partial charge in [0.1, 0.15) is 5.75 Å². The average molecular weight is 361 g/mol. The molecule has 3 nitrogen and oxygen atoms in total. The maximum absolute atomic E-state index is 6.18. The molecule has 1 aromatic rings. The summed E-state index contributed by atoms with van der Waals surface area (Å²) in [6.45, 7) is 13.0. The first-order valence-corrected chi connectivity index (χ1v) is 13.2. The van der Waals surface area contributed by atoms with Crippen LogP contribution in [0.2, 0.25) is 25.7 Å². The SMILES string of the molecule is C=CC12CCC(c3cccc(OCOCC[Si](C)(C)C)c3)(CC1)CO2. The average Bonchev–Trinajstić information content (AvgIpc) is 2.62. The van der Waals surface area contributed by atoms with Crippen molar-refractivity contribution in [2.45, 2.75) is 62.4 Å².